The van der Waals surface area contributed by atoms with Crippen LogP contribution in [0, 0.1) is 0 Å². The Labute approximate surface area is 417 Å². The highest BCUT2D eigenvalue weighted by atomic mass is 16.6. The third-order valence-corrected chi connectivity index (χ3v) is 11.2. The monoisotopic (exact) mass is 939 g/mol. The van der Waals surface area contributed by atoms with E-state index in [1.54, 1.807) is 0 Å². The molecule has 0 heterocycles. The third kappa shape index (κ3) is 52.5. The van der Waals surface area contributed by atoms with Crippen molar-refractivity contribution in [2.75, 3.05) is 13.2 Å². The summed E-state index contributed by atoms with van der Waals surface area (Å²) in [4.78, 5) is 38.1. The van der Waals surface area contributed by atoms with Gasteiger partial charge in [-0.3, -0.25) is 14.4 Å². The van der Waals surface area contributed by atoms with E-state index in [-0.39, 0.29) is 37.5 Å². The molecule has 0 bridgehead atoms. The van der Waals surface area contributed by atoms with E-state index in [4.69, 9.17) is 14.2 Å². The summed E-state index contributed by atoms with van der Waals surface area (Å²) in [7, 11) is 0. The molecule has 0 amide bonds. The van der Waals surface area contributed by atoms with Crippen molar-refractivity contribution < 1.29 is 28.6 Å². The lowest BCUT2D eigenvalue weighted by molar-refractivity contribution is -0.167. The molecule has 0 rings (SSSR count). The summed E-state index contributed by atoms with van der Waals surface area (Å²) in [6, 6.07) is 0. The lowest BCUT2D eigenvalue weighted by Crippen LogP contribution is -2.30. The molecule has 0 aromatic rings. The first-order valence-corrected chi connectivity index (χ1v) is 27.3. The zero-order valence-electron chi connectivity index (χ0n) is 43.6. The maximum absolute atomic E-state index is 12.8. The molecule has 0 aromatic heterocycles. The van der Waals surface area contributed by atoms with Crippen molar-refractivity contribution >= 4 is 17.9 Å². The number of hydrogen-bond acceptors (Lipinski definition) is 6. The summed E-state index contributed by atoms with van der Waals surface area (Å²) in [5.41, 5.74) is 0. The smallest absolute Gasteiger partial charge is 0.306 e. The first kappa shape index (κ1) is 63.5. The minimum absolute atomic E-state index is 0.106. The molecule has 0 N–H and O–H groups in total. The van der Waals surface area contributed by atoms with Gasteiger partial charge in [0.15, 0.2) is 6.10 Å². The van der Waals surface area contributed by atoms with Crippen LogP contribution < -0.4 is 0 Å². The molecule has 0 spiro atoms. The number of carbonyl (C=O) groups is 3. The maximum atomic E-state index is 12.8. The van der Waals surface area contributed by atoms with E-state index in [1.165, 1.54) is 83.5 Å². The first-order chi connectivity index (χ1) is 33.5. The Kier molecular flexibility index (Phi) is 51.5. The fourth-order valence-electron chi connectivity index (χ4n) is 7.08. The zero-order chi connectivity index (χ0) is 49.3. The highest BCUT2D eigenvalue weighted by molar-refractivity contribution is 5.71. The van der Waals surface area contributed by atoms with Crippen LogP contribution in [0.15, 0.2) is 134 Å². The van der Waals surface area contributed by atoms with E-state index in [9.17, 15) is 14.4 Å². The Morgan fingerprint density at radius 2 is 0.574 bits per heavy atom. The van der Waals surface area contributed by atoms with E-state index in [0.717, 1.165) is 96.3 Å². The van der Waals surface area contributed by atoms with Crippen LogP contribution in [-0.2, 0) is 28.6 Å². The Bertz CT molecular complexity index is 1500. The molecular formula is C62H98O6. The summed E-state index contributed by atoms with van der Waals surface area (Å²) in [6.07, 6.45) is 77.1. The van der Waals surface area contributed by atoms with Crippen molar-refractivity contribution in [3.05, 3.63) is 134 Å². The average molecular weight is 939 g/mol. The summed E-state index contributed by atoms with van der Waals surface area (Å²) in [5, 5.41) is 0. The Balaban J connectivity index is 4.57. The van der Waals surface area contributed by atoms with Gasteiger partial charge in [0.2, 0.25) is 0 Å². The fourth-order valence-corrected chi connectivity index (χ4v) is 7.08. The van der Waals surface area contributed by atoms with Gasteiger partial charge in [0.25, 0.3) is 0 Å². The van der Waals surface area contributed by atoms with E-state index in [0.29, 0.717) is 12.8 Å². The van der Waals surface area contributed by atoms with Crippen LogP contribution in [0.4, 0.5) is 0 Å². The lowest BCUT2D eigenvalue weighted by Gasteiger charge is -2.18. The standard InChI is InChI=1S/C62H98O6/c1-4-7-10-13-16-19-22-25-27-29-31-33-34-37-40-43-46-49-52-55-61(64)67-58-59(57-66-60(63)54-51-48-45-42-39-36-24-21-18-15-12-9-6-3)68-62(65)56-53-50-47-44-41-38-35-32-30-28-26-23-20-17-14-11-8-5-2/h7,10,13,16-17,19-20,22-23,25-35,37,40,59H,4-6,8-9,11-12,14-15,18,21,24,36,38-39,41-58H2,1-3H3/b10-7-,16-13-,20-17-,22-19-,26-23-,27-25-,30-28-,31-29+,34-33-,35-32-,40-37-. The Hall–Kier alpha value is -4.45. The highest BCUT2D eigenvalue weighted by Gasteiger charge is 2.19. The predicted molar refractivity (Wildman–Crippen MR) is 292 cm³/mol. The van der Waals surface area contributed by atoms with Crippen LogP contribution in [0.3, 0.4) is 0 Å². The Morgan fingerprint density at radius 1 is 0.309 bits per heavy atom. The van der Waals surface area contributed by atoms with Gasteiger partial charge in [-0.2, -0.15) is 0 Å². The lowest BCUT2D eigenvalue weighted by atomic mass is 10.0. The number of hydrogen-bond donors (Lipinski definition) is 0. The molecule has 0 radical (unpaired) electrons. The minimum atomic E-state index is -0.813. The molecule has 0 fully saturated rings. The molecule has 382 valence electrons. The van der Waals surface area contributed by atoms with E-state index >= 15 is 0 Å². The van der Waals surface area contributed by atoms with Gasteiger partial charge in [-0.1, -0.05) is 270 Å². The number of rotatable bonds is 47. The number of carbonyl (C=O) groups excluding carboxylic acids is 3. The number of unbranched alkanes of at least 4 members (excludes halogenated alkanes) is 23. The van der Waals surface area contributed by atoms with Gasteiger partial charge in [-0.05, 0) is 64.2 Å². The molecule has 0 saturated carbocycles. The summed E-state index contributed by atoms with van der Waals surface area (Å²) in [6.45, 7) is 6.38. The molecule has 0 aliphatic rings. The molecule has 0 aliphatic heterocycles. The van der Waals surface area contributed by atoms with Crippen molar-refractivity contribution in [2.24, 2.45) is 0 Å². The topological polar surface area (TPSA) is 78.9 Å². The number of ether oxygens (including phenoxy) is 3. The normalized spacial score (nSPS) is 13.2. The minimum Gasteiger partial charge on any atom is -0.462 e. The quantitative estimate of drug-likeness (QED) is 0.0262. The molecule has 6 heteroatoms. The molecule has 0 aliphatic carbocycles. The molecule has 0 saturated heterocycles. The third-order valence-electron chi connectivity index (χ3n) is 11.2. The van der Waals surface area contributed by atoms with Gasteiger partial charge in [0.05, 0.1) is 0 Å². The SMILES string of the molecule is CC\C=C/C=C\C=C/C=C\C=C\C=C/C=C\CCCCCC(=O)OCC(COC(=O)CCCCCCCCCCCCCCC)OC(=O)CCCCCCC\C=C/C=C\C=C/C=C\CCCCC. The Morgan fingerprint density at radius 3 is 0.941 bits per heavy atom. The molecule has 68 heavy (non-hydrogen) atoms. The van der Waals surface area contributed by atoms with Crippen molar-refractivity contribution in [3.63, 3.8) is 0 Å². The van der Waals surface area contributed by atoms with Gasteiger partial charge in [-0.15, -0.1) is 0 Å². The maximum Gasteiger partial charge on any atom is 0.306 e. The average Bonchev–Trinajstić information content (AvgIpc) is 3.34. The van der Waals surface area contributed by atoms with E-state index in [1.807, 2.05) is 72.9 Å². The van der Waals surface area contributed by atoms with Gasteiger partial charge >= 0.3 is 17.9 Å². The zero-order valence-corrected chi connectivity index (χ0v) is 43.6. The van der Waals surface area contributed by atoms with Crippen molar-refractivity contribution in [1.82, 2.24) is 0 Å². The molecular weight excluding hydrogens is 841 g/mol. The van der Waals surface area contributed by atoms with Crippen LogP contribution >= 0.6 is 0 Å². The van der Waals surface area contributed by atoms with Crippen LogP contribution in [-0.4, -0.2) is 37.2 Å². The fraction of sp³-hybridized carbons (Fsp3) is 0.597. The number of allylic oxidation sites excluding steroid dienone is 22. The summed E-state index contributed by atoms with van der Waals surface area (Å²) in [5.74, 6) is -0.980. The largest absolute Gasteiger partial charge is 0.462 e. The molecule has 6 nitrogen and oxygen atoms in total. The van der Waals surface area contributed by atoms with Crippen LogP contribution in [0.1, 0.15) is 220 Å². The van der Waals surface area contributed by atoms with Gasteiger partial charge in [-0.25, -0.2) is 0 Å². The molecule has 0 aromatic carbocycles. The van der Waals surface area contributed by atoms with E-state index < -0.39 is 6.10 Å². The highest BCUT2D eigenvalue weighted by Crippen LogP contribution is 2.14. The van der Waals surface area contributed by atoms with Crippen LogP contribution in [0.2, 0.25) is 0 Å². The second-order valence-electron chi connectivity index (χ2n) is 17.7. The van der Waals surface area contributed by atoms with Crippen molar-refractivity contribution in [1.29, 1.82) is 0 Å². The first-order valence-electron chi connectivity index (χ1n) is 27.3. The summed E-state index contributed by atoms with van der Waals surface area (Å²) >= 11 is 0. The predicted octanol–water partition coefficient (Wildman–Crippen LogP) is 18.3. The summed E-state index contributed by atoms with van der Waals surface area (Å²) < 4.78 is 16.8. The van der Waals surface area contributed by atoms with Gasteiger partial charge in [0, 0.05) is 19.3 Å². The second-order valence-corrected chi connectivity index (χ2v) is 17.7. The van der Waals surface area contributed by atoms with E-state index in [2.05, 4.69) is 81.5 Å². The van der Waals surface area contributed by atoms with Crippen molar-refractivity contribution in [2.45, 2.75) is 226 Å². The second kappa shape index (κ2) is 55.1. The van der Waals surface area contributed by atoms with Crippen molar-refractivity contribution in [3.8, 4) is 0 Å². The van der Waals surface area contributed by atoms with Gasteiger partial charge < -0.3 is 14.2 Å². The van der Waals surface area contributed by atoms with Gasteiger partial charge in [0.1, 0.15) is 13.2 Å². The van der Waals surface area contributed by atoms with Crippen LogP contribution in [0.5, 0.6) is 0 Å². The van der Waals surface area contributed by atoms with Crippen LogP contribution in [0.25, 0.3) is 0 Å². The number of esters is 3. The molecule has 1 atom stereocenters. The molecule has 1 unspecified atom stereocenters.